The molecule has 142 valence electrons. The van der Waals surface area contributed by atoms with Crippen LogP contribution >= 0.6 is 0 Å². The molecule has 1 aromatic carbocycles. The minimum Gasteiger partial charge on any atom is -0.481 e. The van der Waals surface area contributed by atoms with Crippen molar-refractivity contribution in [3.63, 3.8) is 0 Å². The summed E-state index contributed by atoms with van der Waals surface area (Å²) in [6, 6.07) is 6.28. The average Bonchev–Trinajstić information content (AvgIpc) is 3.42. The zero-order valence-corrected chi connectivity index (χ0v) is 15.7. The molecule has 0 bridgehead atoms. The Hall–Kier alpha value is -1.93. The van der Waals surface area contributed by atoms with Gasteiger partial charge in [-0.15, -0.1) is 0 Å². The average molecular weight is 381 g/mol. The van der Waals surface area contributed by atoms with Crippen LogP contribution in [0.1, 0.15) is 31.7 Å². The van der Waals surface area contributed by atoms with Crippen molar-refractivity contribution in [1.29, 1.82) is 0 Å². The van der Waals surface area contributed by atoms with Crippen LogP contribution < -0.4 is 0 Å². The Labute approximate surface area is 153 Å². The number of sulfonamides is 1. The van der Waals surface area contributed by atoms with E-state index in [4.69, 9.17) is 4.74 Å². The molecular formula is C18H23NO6S. The van der Waals surface area contributed by atoms with E-state index < -0.39 is 27.3 Å². The first kappa shape index (κ1) is 18.8. The minimum absolute atomic E-state index is 0.0180. The molecule has 2 atom stereocenters. The predicted octanol–water partition coefficient (Wildman–Crippen LogP) is 1.62. The van der Waals surface area contributed by atoms with Gasteiger partial charge in [0.2, 0.25) is 10.0 Å². The van der Waals surface area contributed by atoms with Crippen LogP contribution in [-0.4, -0.2) is 50.0 Å². The van der Waals surface area contributed by atoms with Crippen molar-refractivity contribution < 1.29 is 27.9 Å². The summed E-state index contributed by atoms with van der Waals surface area (Å²) in [6.45, 7) is 2.14. The lowest BCUT2D eigenvalue weighted by molar-refractivity contribution is -0.144. The van der Waals surface area contributed by atoms with Crippen molar-refractivity contribution in [3.05, 3.63) is 29.8 Å². The van der Waals surface area contributed by atoms with E-state index in [1.807, 2.05) is 6.92 Å². The molecule has 1 heterocycles. The summed E-state index contributed by atoms with van der Waals surface area (Å²) in [7, 11) is -2.43. The molecule has 26 heavy (non-hydrogen) atoms. The number of carbonyl (C=O) groups is 2. The van der Waals surface area contributed by atoms with Gasteiger partial charge >= 0.3 is 11.9 Å². The molecule has 0 radical (unpaired) electrons. The highest BCUT2D eigenvalue weighted by Crippen LogP contribution is 2.49. The Morgan fingerprint density at radius 3 is 2.31 bits per heavy atom. The van der Waals surface area contributed by atoms with Crippen LogP contribution in [0.15, 0.2) is 29.2 Å². The number of aliphatic carboxylic acids is 1. The number of hydrogen-bond acceptors (Lipinski definition) is 5. The van der Waals surface area contributed by atoms with Crippen molar-refractivity contribution in [2.45, 2.75) is 36.5 Å². The van der Waals surface area contributed by atoms with Gasteiger partial charge in [-0.2, -0.15) is 4.31 Å². The van der Waals surface area contributed by atoms with Gasteiger partial charge in [0.05, 0.1) is 23.3 Å². The highest BCUT2D eigenvalue weighted by Gasteiger charge is 2.52. The fourth-order valence-corrected chi connectivity index (χ4v) is 5.31. The SMILES string of the molecule is COC(=O)C1(c2ccc(S(=O)(=O)N3CC(C)CC(C(=O)O)C3)cc2)CC1. The third kappa shape index (κ3) is 3.23. The Kier molecular flexibility index (Phi) is 4.83. The Morgan fingerprint density at radius 1 is 1.19 bits per heavy atom. The Morgan fingerprint density at radius 2 is 1.81 bits per heavy atom. The largest absolute Gasteiger partial charge is 0.481 e. The van der Waals surface area contributed by atoms with E-state index >= 15 is 0 Å². The Bertz CT molecular complexity index is 813. The molecule has 1 aromatic rings. The summed E-state index contributed by atoms with van der Waals surface area (Å²) in [6.07, 6.45) is 1.85. The van der Waals surface area contributed by atoms with E-state index in [1.54, 1.807) is 12.1 Å². The maximum Gasteiger partial charge on any atom is 0.316 e. The summed E-state index contributed by atoms with van der Waals surface area (Å²) < 4.78 is 31.9. The van der Waals surface area contributed by atoms with Gasteiger partial charge in [-0.1, -0.05) is 19.1 Å². The molecule has 2 aliphatic rings. The molecule has 1 saturated heterocycles. The van der Waals surface area contributed by atoms with Crippen molar-refractivity contribution >= 4 is 22.0 Å². The monoisotopic (exact) mass is 381 g/mol. The summed E-state index contributed by atoms with van der Waals surface area (Å²) in [5, 5.41) is 9.25. The number of carbonyl (C=O) groups excluding carboxylic acids is 1. The van der Waals surface area contributed by atoms with Crippen molar-refractivity contribution in [3.8, 4) is 0 Å². The lowest BCUT2D eigenvalue weighted by atomic mass is 9.92. The quantitative estimate of drug-likeness (QED) is 0.778. The fourth-order valence-electron chi connectivity index (χ4n) is 3.70. The van der Waals surface area contributed by atoms with Crippen molar-refractivity contribution in [2.75, 3.05) is 20.2 Å². The number of ether oxygens (including phenoxy) is 1. The van der Waals surface area contributed by atoms with Crippen LogP contribution in [0.2, 0.25) is 0 Å². The first-order chi connectivity index (χ1) is 12.2. The van der Waals surface area contributed by atoms with Gasteiger partial charge in [-0.05, 0) is 42.9 Å². The van der Waals surface area contributed by atoms with Gasteiger partial charge in [0, 0.05) is 13.1 Å². The Balaban J connectivity index is 1.84. The lowest BCUT2D eigenvalue weighted by Gasteiger charge is -2.33. The molecule has 1 saturated carbocycles. The fraction of sp³-hybridized carbons (Fsp3) is 0.556. The van der Waals surface area contributed by atoms with Gasteiger partial charge in [-0.25, -0.2) is 8.42 Å². The van der Waals surface area contributed by atoms with E-state index in [-0.39, 0.29) is 23.3 Å². The highest BCUT2D eigenvalue weighted by atomic mass is 32.2. The normalized spacial score (nSPS) is 25.5. The first-order valence-corrected chi connectivity index (χ1v) is 10.1. The number of nitrogens with zero attached hydrogens (tertiary/aromatic N) is 1. The molecule has 0 spiro atoms. The predicted molar refractivity (Wildman–Crippen MR) is 93.0 cm³/mol. The molecule has 7 nitrogen and oxygen atoms in total. The van der Waals surface area contributed by atoms with Crippen LogP contribution in [0.25, 0.3) is 0 Å². The second-order valence-electron chi connectivity index (χ2n) is 7.30. The number of hydrogen-bond donors (Lipinski definition) is 1. The standard InChI is InChI=1S/C18H23NO6S/c1-12-9-13(16(20)21)11-19(10-12)26(23,24)15-5-3-14(4-6-15)18(7-8-18)17(22)25-2/h3-6,12-13H,7-11H2,1-2H3,(H,20,21). The number of esters is 1. The van der Waals surface area contributed by atoms with Gasteiger partial charge in [0.15, 0.2) is 0 Å². The second-order valence-corrected chi connectivity index (χ2v) is 9.23. The van der Waals surface area contributed by atoms with Crippen molar-refractivity contribution in [1.82, 2.24) is 4.31 Å². The van der Waals surface area contributed by atoms with Crippen molar-refractivity contribution in [2.24, 2.45) is 11.8 Å². The molecule has 0 amide bonds. The summed E-state index contributed by atoms with van der Waals surface area (Å²) in [4.78, 5) is 23.4. The van der Waals surface area contributed by atoms with E-state index in [2.05, 4.69) is 0 Å². The summed E-state index contributed by atoms with van der Waals surface area (Å²) in [5.74, 6) is -1.99. The number of carboxylic acid groups (broad SMARTS) is 1. The molecule has 1 aliphatic carbocycles. The summed E-state index contributed by atoms with van der Waals surface area (Å²) in [5.41, 5.74) is 0.101. The van der Waals surface area contributed by atoms with Crippen LogP contribution in [0.5, 0.6) is 0 Å². The number of carboxylic acids is 1. The maximum atomic E-state index is 12.9. The lowest BCUT2D eigenvalue weighted by Crippen LogP contribution is -2.45. The molecule has 0 aromatic heterocycles. The molecule has 3 rings (SSSR count). The van der Waals surface area contributed by atoms with E-state index in [0.717, 1.165) is 5.56 Å². The second kappa shape index (κ2) is 6.66. The van der Waals surface area contributed by atoms with E-state index in [9.17, 15) is 23.1 Å². The van der Waals surface area contributed by atoms with Gasteiger partial charge in [0.25, 0.3) is 0 Å². The number of rotatable bonds is 5. The van der Waals surface area contributed by atoms with Crippen LogP contribution in [-0.2, 0) is 29.8 Å². The van der Waals surface area contributed by atoms with Gasteiger partial charge in [-0.3, -0.25) is 9.59 Å². The number of methoxy groups -OCH3 is 1. The van der Waals surface area contributed by atoms with Crippen LogP contribution in [0.4, 0.5) is 0 Å². The molecule has 8 heteroatoms. The molecule has 2 fully saturated rings. The topological polar surface area (TPSA) is 101 Å². The van der Waals surface area contributed by atoms with Gasteiger partial charge in [0.1, 0.15) is 0 Å². The number of piperidine rings is 1. The zero-order chi connectivity index (χ0) is 19.1. The number of benzene rings is 1. The first-order valence-electron chi connectivity index (χ1n) is 8.62. The molecule has 1 N–H and O–H groups in total. The zero-order valence-electron chi connectivity index (χ0n) is 14.8. The molecule has 2 unspecified atom stereocenters. The minimum atomic E-state index is -3.78. The third-order valence-electron chi connectivity index (χ3n) is 5.35. The third-order valence-corrected chi connectivity index (χ3v) is 7.19. The highest BCUT2D eigenvalue weighted by molar-refractivity contribution is 7.89. The molecule has 1 aliphatic heterocycles. The van der Waals surface area contributed by atoms with E-state index in [0.29, 0.717) is 25.8 Å². The summed E-state index contributed by atoms with van der Waals surface area (Å²) >= 11 is 0. The van der Waals surface area contributed by atoms with Crippen LogP contribution in [0, 0.1) is 11.8 Å². The van der Waals surface area contributed by atoms with Gasteiger partial charge < -0.3 is 9.84 Å². The van der Waals surface area contributed by atoms with E-state index in [1.165, 1.54) is 23.5 Å². The smallest absolute Gasteiger partial charge is 0.316 e. The maximum absolute atomic E-state index is 12.9. The van der Waals surface area contributed by atoms with Crippen LogP contribution in [0.3, 0.4) is 0 Å². The molecular weight excluding hydrogens is 358 g/mol.